The third-order valence-corrected chi connectivity index (χ3v) is 3.37. The fourth-order valence-electron chi connectivity index (χ4n) is 2.15. The maximum absolute atomic E-state index is 12.7. The van der Waals surface area contributed by atoms with E-state index in [4.69, 9.17) is 0 Å². The van der Waals surface area contributed by atoms with E-state index < -0.39 is 0 Å². The lowest BCUT2D eigenvalue weighted by Crippen LogP contribution is -2.33. The molecule has 1 fully saturated rings. The summed E-state index contributed by atoms with van der Waals surface area (Å²) in [6.45, 7) is 1.41. The molecule has 1 aromatic rings. The predicted octanol–water partition coefficient (Wildman–Crippen LogP) is 2.74. The molecule has 92 valence electrons. The number of nitrogens with zero attached hydrogens (tertiary/aromatic N) is 1. The minimum Gasteiger partial charge on any atom is -0.299 e. The second-order valence-corrected chi connectivity index (χ2v) is 4.92. The number of hydrogen-bond donors (Lipinski definition) is 0. The number of Topliss-reactive ketones (excluding diaryl/α,β-unsaturated/α-hetero) is 1. The quantitative estimate of drug-likeness (QED) is 0.731. The largest absolute Gasteiger partial charge is 0.299 e. The van der Waals surface area contributed by atoms with Gasteiger partial charge < -0.3 is 0 Å². The number of carbonyl (C=O) groups is 1. The van der Waals surface area contributed by atoms with Crippen molar-refractivity contribution in [3.8, 4) is 0 Å². The summed E-state index contributed by atoms with van der Waals surface area (Å²) >= 11 is 0. The zero-order valence-corrected chi connectivity index (χ0v) is 10.2. The van der Waals surface area contributed by atoms with Gasteiger partial charge in [-0.2, -0.15) is 0 Å². The minimum atomic E-state index is -0.302. The highest BCUT2D eigenvalue weighted by Gasteiger charge is 2.20. The van der Waals surface area contributed by atoms with Crippen LogP contribution in [-0.4, -0.2) is 30.8 Å². The molecule has 3 heteroatoms. The first-order valence-electron chi connectivity index (χ1n) is 6.12. The van der Waals surface area contributed by atoms with Crippen molar-refractivity contribution in [3.05, 3.63) is 35.6 Å². The first-order valence-corrected chi connectivity index (χ1v) is 6.12. The molecule has 0 aliphatic heterocycles. The molecule has 1 aromatic carbocycles. The summed E-state index contributed by atoms with van der Waals surface area (Å²) in [5, 5.41) is 0. The van der Waals surface area contributed by atoms with Gasteiger partial charge in [0.2, 0.25) is 0 Å². The van der Waals surface area contributed by atoms with E-state index in [-0.39, 0.29) is 11.6 Å². The van der Waals surface area contributed by atoms with Crippen LogP contribution in [0.25, 0.3) is 0 Å². The Bertz CT molecular complexity index is 384. The molecule has 0 radical (unpaired) electrons. The van der Waals surface area contributed by atoms with Crippen LogP contribution in [0.5, 0.6) is 0 Å². The Morgan fingerprint density at radius 3 is 2.53 bits per heavy atom. The van der Waals surface area contributed by atoms with Crippen LogP contribution in [0.2, 0.25) is 0 Å². The SMILES string of the molecule is CN(CC(=O)c1ccc(F)cc1)CC1CCC1. The summed E-state index contributed by atoms with van der Waals surface area (Å²) in [5.74, 6) is 0.525. The van der Waals surface area contributed by atoms with E-state index in [1.165, 1.54) is 31.4 Å². The van der Waals surface area contributed by atoms with E-state index in [1.54, 1.807) is 12.1 Å². The van der Waals surface area contributed by atoms with Gasteiger partial charge in [0.25, 0.3) is 0 Å². The number of hydrogen-bond acceptors (Lipinski definition) is 2. The molecule has 0 heterocycles. The van der Waals surface area contributed by atoms with Crippen LogP contribution in [-0.2, 0) is 0 Å². The second-order valence-electron chi connectivity index (χ2n) is 4.92. The Morgan fingerprint density at radius 1 is 1.35 bits per heavy atom. The van der Waals surface area contributed by atoms with Crippen LogP contribution in [0.15, 0.2) is 24.3 Å². The van der Waals surface area contributed by atoms with Crippen LogP contribution in [0.3, 0.4) is 0 Å². The Hall–Kier alpha value is -1.22. The van der Waals surface area contributed by atoms with Gasteiger partial charge >= 0.3 is 0 Å². The number of benzene rings is 1. The van der Waals surface area contributed by atoms with E-state index >= 15 is 0 Å². The molecule has 2 rings (SSSR count). The third kappa shape index (κ3) is 3.37. The smallest absolute Gasteiger partial charge is 0.176 e. The van der Waals surface area contributed by atoms with Gasteiger partial charge in [0.1, 0.15) is 5.82 Å². The number of ketones is 1. The van der Waals surface area contributed by atoms with Gasteiger partial charge in [-0.1, -0.05) is 6.42 Å². The van der Waals surface area contributed by atoms with Crippen LogP contribution in [0, 0.1) is 11.7 Å². The molecule has 1 saturated carbocycles. The standard InChI is InChI=1S/C14H18FNO/c1-16(9-11-3-2-4-11)10-14(17)12-5-7-13(15)8-6-12/h5-8,11H,2-4,9-10H2,1H3. The Labute approximate surface area is 101 Å². The molecular formula is C14H18FNO. The lowest BCUT2D eigenvalue weighted by atomic mass is 9.85. The average molecular weight is 235 g/mol. The maximum Gasteiger partial charge on any atom is 0.176 e. The fourth-order valence-corrected chi connectivity index (χ4v) is 2.15. The van der Waals surface area contributed by atoms with Crippen molar-refractivity contribution in [2.24, 2.45) is 5.92 Å². The summed E-state index contributed by atoms with van der Waals surface area (Å²) in [4.78, 5) is 14.0. The summed E-state index contributed by atoms with van der Waals surface area (Å²) in [7, 11) is 1.97. The zero-order valence-electron chi connectivity index (χ0n) is 10.2. The van der Waals surface area contributed by atoms with Crippen molar-refractivity contribution < 1.29 is 9.18 Å². The monoisotopic (exact) mass is 235 g/mol. The molecule has 0 unspecified atom stereocenters. The Kier molecular flexibility index (Phi) is 3.89. The third-order valence-electron chi connectivity index (χ3n) is 3.37. The normalized spacial score (nSPS) is 15.9. The number of rotatable bonds is 5. The average Bonchev–Trinajstić information content (AvgIpc) is 2.24. The molecule has 1 aliphatic carbocycles. The van der Waals surface area contributed by atoms with Gasteiger partial charge in [-0.3, -0.25) is 9.69 Å². The van der Waals surface area contributed by atoms with Gasteiger partial charge in [-0.05, 0) is 50.1 Å². The molecule has 0 spiro atoms. The van der Waals surface area contributed by atoms with E-state index in [1.807, 2.05) is 7.05 Å². The van der Waals surface area contributed by atoms with Gasteiger partial charge in [0, 0.05) is 12.1 Å². The van der Waals surface area contributed by atoms with Crippen molar-refractivity contribution >= 4 is 5.78 Å². The summed E-state index contributed by atoms with van der Waals surface area (Å²) in [6.07, 6.45) is 3.90. The van der Waals surface area contributed by atoms with Crippen LogP contribution < -0.4 is 0 Å². The van der Waals surface area contributed by atoms with Crippen molar-refractivity contribution in [3.63, 3.8) is 0 Å². The number of carbonyl (C=O) groups excluding carboxylic acids is 1. The predicted molar refractivity (Wildman–Crippen MR) is 65.6 cm³/mol. The molecule has 0 saturated heterocycles. The van der Waals surface area contributed by atoms with Gasteiger partial charge in [0.05, 0.1) is 6.54 Å². The molecule has 0 amide bonds. The van der Waals surface area contributed by atoms with Gasteiger partial charge in [-0.15, -0.1) is 0 Å². The highest BCUT2D eigenvalue weighted by Crippen LogP contribution is 2.26. The molecule has 2 nitrogen and oxygen atoms in total. The lowest BCUT2D eigenvalue weighted by molar-refractivity contribution is 0.0925. The number of halogens is 1. The molecule has 0 bridgehead atoms. The molecule has 0 N–H and O–H groups in total. The van der Waals surface area contributed by atoms with Crippen molar-refractivity contribution in [2.45, 2.75) is 19.3 Å². The van der Waals surface area contributed by atoms with E-state index in [0.29, 0.717) is 12.1 Å². The minimum absolute atomic E-state index is 0.0619. The van der Waals surface area contributed by atoms with Crippen molar-refractivity contribution in [2.75, 3.05) is 20.1 Å². The highest BCUT2D eigenvalue weighted by atomic mass is 19.1. The molecule has 1 aliphatic rings. The lowest BCUT2D eigenvalue weighted by Gasteiger charge is -2.29. The Morgan fingerprint density at radius 2 is 2.00 bits per heavy atom. The van der Waals surface area contributed by atoms with Gasteiger partial charge in [0.15, 0.2) is 5.78 Å². The topological polar surface area (TPSA) is 20.3 Å². The van der Waals surface area contributed by atoms with Crippen LogP contribution in [0.1, 0.15) is 29.6 Å². The molecule has 0 atom stereocenters. The number of likely N-dealkylation sites (N-methyl/N-ethyl adjacent to an activating group) is 1. The first kappa shape index (κ1) is 12.2. The zero-order chi connectivity index (χ0) is 12.3. The van der Waals surface area contributed by atoms with E-state index in [0.717, 1.165) is 12.5 Å². The molecule has 0 aromatic heterocycles. The highest BCUT2D eigenvalue weighted by molar-refractivity contribution is 5.97. The van der Waals surface area contributed by atoms with Crippen molar-refractivity contribution in [1.29, 1.82) is 0 Å². The van der Waals surface area contributed by atoms with Crippen LogP contribution >= 0.6 is 0 Å². The Balaban J connectivity index is 1.85. The molecular weight excluding hydrogens is 217 g/mol. The molecule has 17 heavy (non-hydrogen) atoms. The summed E-state index contributed by atoms with van der Waals surface area (Å²) in [6, 6.07) is 5.77. The van der Waals surface area contributed by atoms with Gasteiger partial charge in [-0.25, -0.2) is 4.39 Å². The summed E-state index contributed by atoms with van der Waals surface area (Å²) < 4.78 is 12.7. The van der Waals surface area contributed by atoms with Crippen molar-refractivity contribution in [1.82, 2.24) is 4.90 Å². The summed E-state index contributed by atoms with van der Waals surface area (Å²) in [5.41, 5.74) is 0.590. The second kappa shape index (κ2) is 5.41. The van der Waals surface area contributed by atoms with E-state index in [2.05, 4.69) is 4.90 Å². The fraction of sp³-hybridized carbons (Fsp3) is 0.500. The van der Waals surface area contributed by atoms with E-state index in [9.17, 15) is 9.18 Å². The first-order chi connectivity index (χ1) is 8.15. The maximum atomic E-state index is 12.7. The van der Waals surface area contributed by atoms with Crippen LogP contribution in [0.4, 0.5) is 4.39 Å².